The van der Waals surface area contributed by atoms with E-state index < -0.39 is 5.63 Å². The summed E-state index contributed by atoms with van der Waals surface area (Å²) >= 11 is 0. The number of unbranched alkanes of at least 4 members (excludes halogenated alkanes) is 1. The number of amides is 1. The van der Waals surface area contributed by atoms with E-state index in [0.717, 1.165) is 32.1 Å². The molecule has 0 spiro atoms. The number of hydrogen-bond donors (Lipinski definition) is 0. The molecule has 24 heavy (non-hydrogen) atoms. The van der Waals surface area contributed by atoms with Crippen LogP contribution in [-0.2, 0) is 0 Å². The number of carbonyl (C=O) groups is 1. The van der Waals surface area contributed by atoms with E-state index in [4.69, 9.17) is 9.15 Å². The first-order valence-corrected chi connectivity index (χ1v) is 8.69. The Bertz CT molecular complexity index is 775. The molecule has 2 heterocycles. The van der Waals surface area contributed by atoms with Gasteiger partial charge < -0.3 is 14.1 Å². The monoisotopic (exact) mass is 329 g/mol. The van der Waals surface area contributed by atoms with Crippen LogP contribution in [0.15, 0.2) is 33.5 Å². The van der Waals surface area contributed by atoms with Crippen molar-refractivity contribution in [2.75, 3.05) is 19.7 Å². The molecule has 0 radical (unpaired) electrons. The zero-order valence-electron chi connectivity index (χ0n) is 14.0. The fourth-order valence-electron chi connectivity index (χ4n) is 2.97. The molecule has 1 aliphatic heterocycles. The van der Waals surface area contributed by atoms with Gasteiger partial charge >= 0.3 is 5.63 Å². The Morgan fingerprint density at radius 2 is 2.04 bits per heavy atom. The van der Waals surface area contributed by atoms with Gasteiger partial charge in [-0.25, -0.2) is 4.79 Å². The molecule has 0 bridgehead atoms. The van der Waals surface area contributed by atoms with Gasteiger partial charge in [0.05, 0.1) is 6.61 Å². The van der Waals surface area contributed by atoms with Gasteiger partial charge in [0, 0.05) is 18.5 Å². The Kier molecular flexibility index (Phi) is 5.18. The third-order valence-electron chi connectivity index (χ3n) is 4.35. The summed E-state index contributed by atoms with van der Waals surface area (Å²) in [5.74, 6) is 0.317. The van der Waals surface area contributed by atoms with Crippen molar-refractivity contribution in [3.05, 3.63) is 40.2 Å². The summed E-state index contributed by atoms with van der Waals surface area (Å²) in [5, 5.41) is 0.712. The number of carbonyl (C=O) groups excluding carboxylic acids is 1. The second kappa shape index (κ2) is 7.51. The van der Waals surface area contributed by atoms with Crippen molar-refractivity contribution in [2.45, 2.75) is 39.0 Å². The molecule has 2 aromatic rings. The first-order valence-electron chi connectivity index (χ1n) is 8.69. The second-order valence-corrected chi connectivity index (χ2v) is 6.18. The Morgan fingerprint density at radius 3 is 2.79 bits per heavy atom. The lowest BCUT2D eigenvalue weighted by molar-refractivity contribution is 0.0720. The van der Waals surface area contributed by atoms with Gasteiger partial charge in [-0.15, -0.1) is 0 Å². The quantitative estimate of drug-likeness (QED) is 0.621. The lowest BCUT2D eigenvalue weighted by Gasteiger charge is -2.26. The molecule has 3 rings (SSSR count). The maximum absolute atomic E-state index is 12.6. The topological polar surface area (TPSA) is 59.8 Å². The Balaban J connectivity index is 1.92. The number of para-hydroxylation sites is 1. The van der Waals surface area contributed by atoms with Crippen molar-refractivity contribution < 1.29 is 13.9 Å². The van der Waals surface area contributed by atoms with Crippen LogP contribution in [0.1, 0.15) is 49.4 Å². The van der Waals surface area contributed by atoms with Gasteiger partial charge in [0.25, 0.3) is 5.91 Å². The molecule has 0 unspecified atom stereocenters. The van der Waals surface area contributed by atoms with Crippen LogP contribution >= 0.6 is 0 Å². The van der Waals surface area contributed by atoms with E-state index in [2.05, 4.69) is 6.92 Å². The zero-order valence-corrected chi connectivity index (χ0v) is 14.0. The fourth-order valence-corrected chi connectivity index (χ4v) is 2.97. The van der Waals surface area contributed by atoms with Crippen molar-refractivity contribution in [2.24, 2.45) is 0 Å². The van der Waals surface area contributed by atoms with E-state index >= 15 is 0 Å². The highest BCUT2D eigenvalue weighted by atomic mass is 16.5. The maximum Gasteiger partial charge on any atom is 0.349 e. The fraction of sp³-hybridized carbons (Fsp3) is 0.474. The molecule has 1 fully saturated rings. The van der Waals surface area contributed by atoms with Crippen LogP contribution in [0, 0.1) is 0 Å². The summed E-state index contributed by atoms with van der Waals surface area (Å²) in [4.78, 5) is 26.7. The molecular weight excluding hydrogens is 306 g/mol. The smallest absolute Gasteiger partial charge is 0.349 e. The standard InChI is InChI=1S/C19H23NO4/c1-2-3-12-23-16-9-7-8-14-13-15(19(22)24-17(14)16)18(21)20-10-5-4-6-11-20/h7-9,13H,2-6,10-12H2,1H3. The van der Waals surface area contributed by atoms with Crippen molar-refractivity contribution in [3.63, 3.8) is 0 Å². The number of ether oxygens (including phenoxy) is 1. The molecular formula is C19H23NO4. The number of fused-ring (bicyclic) bond motifs is 1. The minimum absolute atomic E-state index is 0.107. The van der Waals surface area contributed by atoms with E-state index in [1.165, 1.54) is 0 Å². The van der Waals surface area contributed by atoms with Crippen molar-refractivity contribution >= 4 is 16.9 Å². The SMILES string of the molecule is CCCCOc1cccc2cc(C(=O)N3CCCCC3)c(=O)oc12. The predicted octanol–water partition coefficient (Wildman–Crippen LogP) is 3.60. The normalized spacial score (nSPS) is 14.8. The minimum atomic E-state index is -0.593. The van der Waals surface area contributed by atoms with Gasteiger partial charge in [-0.05, 0) is 37.8 Å². The largest absolute Gasteiger partial charge is 0.490 e. The summed E-state index contributed by atoms with van der Waals surface area (Å²) in [6, 6.07) is 7.09. The highest BCUT2D eigenvalue weighted by molar-refractivity contribution is 5.97. The molecule has 1 amide bonds. The average molecular weight is 329 g/mol. The van der Waals surface area contributed by atoms with E-state index in [9.17, 15) is 9.59 Å². The van der Waals surface area contributed by atoms with E-state index in [1.54, 1.807) is 17.0 Å². The van der Waals surface area contributed by atoms with Crippen molar-refractivity contribution in [1.29, 1.82) is 0 Å². The van der Waals surface area contributed by atoms with Crippen LogP contribution in [-0.4, -0.2) is 30.5 Å². The average Bonchev–Trinajstić information content (AvgIpc) is 2.62. The molecule has 1 saturated heterocycles. The minimum Gasteiger partial charge on any atom is -0.490 e. The Morgan fingerprint density at radius 1 is 1.25 bits per heavy atom. The summed E-state index contributed by atoms with van der Waals surface area (Å²) in [5.41, 5.74) is -0.0754. The number of rotatable bonds is 5. The number of piperidine rings is 1. The maximum atomic E-state index is 12.6. The molecule has 0 aliphatic carbocycles. The molecule has 1 aromatic carbocycles. The molecule has 128 valence electrons. The highest BCUT2D eigenvalue weighted by Gasteiger charge is 2.22. The van der Waals surface area contributed by atoms with Crippen molar-refractivity contribution in [1.82, 2.24) is 4.90 Å². The van der Waals surface area contributed by atoms with Crippen LogP contribution in [0.2, 0.25) is 0 Å². The van der Waals surface area contributed by atoms with E-state index in [0.29, 0.717) is 36.4 Å². The molecule has 5 nitrogen and oxygen atoms in total. The lowest BCUT2D eigenvalue weighted by Crippen LogP contribution is -2.37. The molecule has 5 heteroatoms. The lowest BCUT2D eigenvalue weighted by atomic mass is 10.1. The third kappa shape index (κ3) is 3.45. The second-order valence-electron chi connectivity index (χ2n) is 6.18. The molecule has 1 aliphatic rings. The van der Waals surface area contributed by atoms with Crippen LogP contribution < -0.4 is 10.4 Å². The number of nitrogens with zero attached hydrogens (tertiary/aromatic N) is 1. The van der Waals surface area contributed by atoms with Gasteiger partial charge in [0.1, 0.15) is 5.56 Å². The number of benzene rings is 1. The summed E-state index contributed by atoms with van der Waals surface area (Å²) in [7, 11) is 0. The summed E-state index contributed by atoms with van der Waals surface area (Å²) < 4.78 is 11.1. The number of likely N-dealkylation sites (tertiary alicyclic amines) is 1. The summed E-state index contributed by atoms with van der Waals surface area (Å²) in [6.45, 7) is 4.08. The van der Waals surface area contributed by atoms with Gasteiger partial charge in [-0.1, -0.05) is 25.5 Å². The van der Waals surface area contributed by atoms with Gasteiger partial charge in [-0.2, -0.15) is 0 Å². The van der Waals surface area contributed by atoms with E-state index in [-0.39, 0.29) is 11.5 Å². The van der Waals surface area contributed by atoms with Crippen molar-refractivity contribution in [3.8, 4) is 5.75 Å². The van der Waals surface area contributed by atoms with Gasteiger partial charge in [0.15, 0.2) is 11.3 Å². The molecule has 1 aromatic heterocycles. The number of hydrogen-bond acceptors (Lipinski definition) is 4. The summed E-state index contributed by atoms with van der Waals surface area (Å²) in [6.07, 6.45) is 5.07. The van der Waals surface area contributed by atoms with E-state index in [1.807, 2.05) is 12.1 Å². The Hall–Kier alpha value is -2.30. The molecule has 0 N–H and O–H groups in total. The van der Waals surface area contributed by atoms with Gasteiger partial charge in [-0.3, -0.25) is 4.79 Å². The Labute approximate surface area is 141 Å². The van der Waals surface area contributed by atoms with Crippen LogP contribution in [0.25, 0.3) is 11.0 Å². The van der Waals surface area contributed by atoms with Crippen LogP contribution in [0.5, 0.6) is 5.75 Å². The first-order chi connectivity index (χ1) is 11.7. The van der Waals surface area contributed by atoms with Gasteiger partial charge in [0.2, 0.25) is 0 Å². The van der Waals surface area contributed by atoms with Crippen LogP contribution in [0.4, 0.5) is 0 Å². The third-order valence-corrected chi connectivity index (χ3v) is 4.35. The molecule has 0 saturated carbocycles. The first kappa shape index (κ1) is 16.6. The highest BCUT2D eigenvalue weighted by Crippen LogP contribution is 2.25. The zero-order chi connectivity index (χ0) is 16.9. The van der Waals surface area contributed by atoms with Crippen LogP contribution in [0.3, 0.4) is 0 Å². The predicted molar refractivity (Wildman–Crippen MR) is 92.6 cm³/mol. The molecule has 0 atom stereocenters.